The molecule has 2 atom stereocenters. The van der Waals surface area contributed by atoms with Crippen LogP contribution in [0.4, 0.5) is 0 Å². The third kappa shape index (κ3) is 5.72. The van der Waals surface area contributed by atoms with Gasteiger partial charge in [-0.15, -0.1) is 13.2 Å². The van der Waals surface area contributed by atoms with Crippen LogP contribution in [-0.2, 0) is 9.59 Å². The van der Waals surface area contributed by atoms with Gasteiger partial charge in [-0.1, -0.05) is 49.6 Å². The number of carbonyl (C=O) groups is 2. The molecule has 4 nitrogen and oxygen atoms in total. The van der Waals surface area contributed by atoms with Crippen molar-refractivity contribution in [2.45, 2.75) is 24.9 Å². The van der Waals surface area contributed by atoms with Crippen molar-refractivity contribution < 1.29 is 9.59 Å². The van der Waals surface area contributed by atoms with E-state index >= 15 is 0 Å². The lowest BCUT2D eigenvalue weighted by molar-refractivity contribution is -0.118. The molecule has 4 heteroatoms. The van der Waals surface area contributed by atoms with Crippen molar-refractivity contribution in [1.82, 2.24) is 10.6 Å². The first kappa shape index (κ1) is 19.2. The van der Waals surface area contributed by atoms with Crippen LogP contribution < -0.4 is 10.6 Å². The van der Waals surface area contributed by atoms with Crippen molar-refractivity contribution in [2.75, 3.05) is 0 Å². The number of hydrogen-bond donors (Lipinski definition) is 2. The average molecular weight is 324 g/mol. The van der Waals surface area contributed by atoms with Crippen LogP contribution >= 0.6 is 0 Å². The molecule has 2 N–H and O–H groups in total. The minimum Gasteiger partial charge on any atom is -0.345 e. The first-order valence-electron chi connectivity index (χ1n) is 7.73. The van der Waals surface area contributed by atoms with Crippen molar-refractivity contribution in [3.05, 3.63) is 86.0 Å². The molecule has 0 spiro atoms. The van der Waals surface area contributed by atoms with E-state index in [-0.39, 0.29) is 23.9 Å². The van der Waals surface area contributed by atoms with Gasteiger partial charge in [0.2, 0.25) is 11.8 Å². The minimum absolute atomic E-state index is 0.201. The topological polar surface area (TPSA) is 58.2 Å². The third-order valence-corrected chi connectivity index (χ3v) is 3.52. The molecule has 0 aliphatic carbocycles. The second-order valence-corrected chi connectivity index (χ2v) is 5.25. The molecule has 0 heterocycles. The van der Waals surface area contributed by atoms with E-state index in [0.717, 1.165) is 11.1 Å². The fourth-order valence-corrected chi connectivity index (χ4v) is 2.34. The molecule has 0 radical (unpaired) electrons. The fraction of sp³-hybridized carbons (Fsp3) is 0.200. The molecular formula is C20H24N2O2. The molecule has 0 aliphatic rings. The summed E-state index contributed by atoms with van der Waals surface area (Å²) in [5.41, 5.74) is 1.87. The van der Waals surface area contributed by atoms with Gasteiger partial charge in [0.15, 0.2) is 0 Å². The summed E-state index contributed by atoms with van der Waals surface area (Å²) in [7, 11) is 0. The lowest BCUT2D eigenvalue weighted by Gasteiger charge is -2.21. The van der Waals surface area contributed by atoms with Crippen molar-refractivity contribution in [1.29, 1.82) is 0 Å². The summed E-state index contributed by atoms with van der Waals surface area (Å²) in [4.78, 5) is 23.3. The van der Waals surface area contributed by atoms with Gasteiger partial charge in [-0.2, -0.15) is 0 Å². The molecule has 0 aromatic heterocycles. The molecule has 126 valence electrons. The van der Waals surface area contributed by atoms with E-state index in [4.69, 9.17) is 0 Å². The molecule has 2 amide bonds. The maximum absolute atomic E-state index is 11.6. The van der Waals surface area contributed by atoms with Crippen LogP contribution in [0, 0.1) is 0 Å². The predicted molar refractivity (Wildman–Crippen MR) is 98.2 cm³/mol. The summed E-state index contributed by atoms with van der Waals surface area (Å²) < 4.78 is 0. The smallest absolute Gasteiger partial charge is 0.243 e. The molecule has 0 aliphatic heterocycles. The Morgan fingerprint density at radius 2 is 1.29 bits per heavy atom. The van der Waals surface area contributed by atoms with E-state index in [9.17, 15) is 9.59 Å². The first-order chi connectivity index (χ1) is 11.5. The normalized spacial score (nSPS) is 12.3. The van der Waals surface area contributed by atoms with E-state index in [1.54, 1.807) is 12.2 Å². The van der Waals surface area contributed by atoms with Crippen molar-refractivity contribution >= 4 is 11.8 Å². The zero-order valence-corrected chi connectivity index (χ0v) is 13.8. The number of carbonyl (C=O) groups excluding carboxylic acids is 2. The summed E-state index contributed by atoms with van der Waals surface area (Å²) in [6.07, 6.45) is 7.17. The highest BCUT2D eigenvalue weighted by atomic mass is 16.2. The Kier molecular flexibility index (Phi) is 7.99. The van der Waals surface area contributed by atoms with E-state index in [1.165, 1.54) is 12.2 Å². The molecule has 1 aromatic rings. The Hall–Kier alpha value is -2.88. The van der Waals surface area contributed by atoms with Crippen molar-refractivity contribution in [2.24, 2.45) is 0 Å². The quantitative estimate of drug-likeness (QED) is 0.511. The van der Waals surface area contributed by atoms with Gasteiger partial charge in [0.05, 0.1) is 12.1 Å². The Balaban J connectivity index is 3.10. The van der Waals surface area contributed by atoms with Crippen LogP contribution in [0.1, 0.15) is 36.1 Å². The maximum Gasteiger partial charge on any atom is 0.243 e. The molecule has 1 rings (SSSR count). The van der Waals surface area contributed by atoms with Gasteiger partial charge in [-0.3, -0.25) is 9.59 Å². The summed E-state index contributed by atoms with van der Waals surface area (Å²) in [5.74, 6) is -0.482. The highest BCUT2D eigenvalue weighted by Crippen LogP contribution is 2.24. The zero-order chi connectivity index (χ0) is 17.9. The molecule has 0 fully saturated rings. The Bertz CT molecular complexity index is 583. The largest absolute Gasteiger partial charge is 0.345 e. The standard InChI is InChI=1S/C20H24N2O2/c1-5-10-17(21-19(23)7-3)15-12-9-13-16(14-15)18(11-6-2)22-20(24)8-4/h5-9,12-14,17-18H,1-4,10-11H2,(H,21,23)(H,22,24)/t17-,18-/m0/s1. The Morgan fingerprint density at radius 1 is 0.875 bits per heavy atom. The number of benzene rings is 1. The number of amides is 2. The van der Waals surface area contributed by atoms with Crippen LogP contribution in [0.2, 0.25) is 0 Å². The van der Waals surface area contributed by atoms with Crippen LogP contribution in [-0.4, -0.2) is 11.8 Å². The van der Waals surface area contributed by atoms with Crippen LogP contribution in [0.3, 0.4) is 0 Å². The van der Waals surface area contributed by atoms with Gasteiger partial charge in [0.25, 0.3) is 0 Å². The number of rotatable bonds is 10. The van der Waals surface area contributed by atoms with Gasteiger partial charge in [0, 0.05) is 0 Å². The Labute approximate surface area is 143 Å². The summed E-state index contributed by atoms with van der Waals surface area (Å²) in [6.45, 7) is 14.4. The summed E-state index contributed by atoms with van der Waals surface area (Å²) in [5, 5.41) is 5.76. The van der Waals surface area contributed by atoms with Gasteiger partial charge in [-0.05, 0) is 36.1 Å². The summed E-state index contributed by atoms with van der Waals surface area (Å²) in [6, 6.07) is 7.33. The minimum atomic E-state index is -0.241. The van der Waals surface area contributed by atoms with Gasteiger partial charge >= 0.3 is 0 Å². The van der Waals surface area contributed by atoms with Gasteiger partial charge < -0.3 is 10.6 Å². The Morgan fingerprint density at radius 3 is 1.62 bits per heavy atom. The third-order valence-electron chi connectivity index (χ3n) is 3.52. The number of nitrogens with one attached hydrogen (secondary N) is 2. The van der Waals surface area contributed by atoms with Crippen molar-refractivity contribution in [3.8, 4) is 0 Å². The highest BCUT2D eigenvalue weighted by molar-refractivity contribution is 5.87. The molecule has 0 bridgehead atoms. The second kappa shape index (κ2) is 10.0. The molecular weight excluding hydrogens is 300 g/mol. The van der Waals surface area contributed by atoms with E-state index in [2.05, 4.69) is 36.9 Å². The average Bonchev–Trinajstić information content (AvgIpc) is 2.60. The lowest BCUT2D eigenvalue weighted by atomic mass is 9.96. The lowest BCUT2D eigenvalue weighted by Crippen LogP contribution is -2.28. The highest BCUT2D eigenvalue weighted by Gasteiger charge is 2.16. The van der Waals surface area contributed by atoms with E-state index < -0.39 is 0 Å². The van der Waals surface area contributed by atoms with E-state index in [1.807, 2.05) is 24.3 Å². The molecule has 0 unspecified atom stereocenters. The SMILES string of the molecule is C=CC[C@H](NC(=O)C=C)c1cccc([C@H](CC=C)NC(=O)C=C)c1. The zero-order valence-electron chi connectivity index (χ0n) is 13.8. The van der Waals surface area contributed by atoms with Crippen LogP contribution in [0.25, 0.3) is 0 Å². The molecule has 0 saturated heterocycles. The first-order valence-corrected chi connectivity index (χ1v) is 7.73. The fourth-order valence-electron chi connectivity index (χ4n) is 2.34. The van der Waals surface area contributed by atoms with Crippen LogP contribution in [0.5, 0.6) is 0 Å². The molecule has 1 aromatic carbocycles. The van der Waals surface area contributed by atoms with Crippen molar-refractivity contribution in [3.63, 3.8) is 0 Å². The molecule has 0 saturated carbocycles. The van der Waals surface area contributed by atoms with Crippen LogP contribution in [0.15, 0.2) is 74.9 Å². The monoisotopic (exact) mass is 324 g/mol. The van der Waals surface area contributed by atoms with E-state index in [0.29, 0.717) is 12.8 Å². The second-order valence-electron chi connectivity index (χ2n) is 5.25. The van der Waals surface area contributed by atoms with Gasteiger partial charge in [0.1, 0.15) is 0 Å². The number of hydrogen-bond acceptors (Lipinski definition) is 2. The predicted octanol–water partition coefficient (Wildman–Crippen LogP) is 3.53. The maximum atomic E-state index is 11.6. The molecule has 24 heavy (non-hydrogen) atoms. The summed E-state index contributed by atoms with van der Waals surface area (Å²) >= 11 is 0. The van der Waals surface area contributed by atoms with Gasteiger partial charge in [-0.25, -0.2) is 0 Å².